The van der Waals surface area contributed by atoms with Gasteiger partial charge in [-0.2, -0.15) is 0 Å². The molecule has 1 fully saturated rings. The van der Waals surface area contributed by atoms with Crippen LogP contribution in [0.15, 0.2) is 24.3 Å². The van der Waals surface area contributed by atoms with E-state index in [1.165, 1.54) is 49.7 Å². The van der Waals surface area contributed by atoms with Crippen molar-refractivity contribution in [2.75, 3.05) is 0 Å². The normalized spacial score (nSPS) is 19.0. The lowest BCUT2D eigenvalue weighted by molar-refractivity contribution is 0.329. The van der Waals surface area contributed by atoms with Gasteiger partial charge in [-0.1, -0.05) is 63.8 Å². The third-order valence-corrected chi connectivity index (χ3v) is 4.50. The Bertz CT molecular complexity index is 392. The van der Waals surface area contributed by atoms with Gasteiger partial charge >= 0.3 is 0 Å². The summed E-state index contributed by atoms with van der Waals surface area (Å²) in [6.07, 6.45) is 9.26. The molecule has 20 heavy (non-hydrogen) atoms. The highest BCUT2D eigenvalue weighted by molar-refractivity contribution is 5.27. The summed E-state index contributed by atoms with van der Waals surface area (Å²) >= 11 is 0. The lowest BCUT2D eigenvalue weighted by Gasteiger charge is -2.26. The van der Waals surface area contributed by atoms with Gasteiger partial charge in [-0.15, -0.1) is 0 Å². The van der Waals surface area contributed by atoms with Gasteiger partial charge in [-0.05, 0) is 42.2 Å². The number of nitrogens with one attached hydrogen (secondary N) is 1. The second kappa shape index (κ2) is 7.80. The molecule has 1 aliphatic carbocycles. The molecule has 0 spiro atoms. The predicted molar refractivity (Wildman–Crippen MR) is 86.2 cm³/mol. The third kappa shape index (κ3) is 4.32. The fourth-order valence-electron chi connectivity index (χ4n) is 3.53. The molecule has 0 saturated heterocycles. The zero-order valence-corrected chi connectivity index (χ0v) is 13.1. The van der Waals surface area contributed by atoms with E-state index in [0.717, 1.165) is 6.42 Å². The van der Waals surface area contributed by atoms with Gasteiger partial charge < -0.3 is 0 Å². The van der Waals surface area contributed by atoms with Gasteiger partial charge in [0.25, 0.3) is 0 Å². The Kier molecular flexibility index (Phi) is 6.06. The molecule has 1 unspecified atom stereocenters. The monoisotopic (exact) mass is 274 g/mol. The molecular weight excluding hydrogens is 244 g/mol. The quantitative estimate of drug-likeness (QED) is 0.475. The van der Waals surface area contributed by atoms with E-state index in [4.69, 9.17) is 5.84 Å². The van der Waals surface area contributed by atoms with Crippen molar-refractivity contribution in [3.63, 3.8) is 0 Å². The van der Waals surface area contributed by atoms with Crippen LogP contribution in [0.5, 0.6) is 0 Å². The average Bonchev–Trinajstić information content (AvgIpc) is 2.68. The molecule has 0 radical (unpaired) electrons. The summed E-state index contributed by atoms with van der Waals surface area (Å²) in [6, 6.07) is 9.34. The number of nitrogens with two attached hydrogens (primary N) is 1. The molecule has 1 saturated carbocycles. The zero-order chi connectivity index (χ0) is 14.4. The zero-order valence-electron chi connectivity index (χ0n) is 13.1. The average molecular weight is 274 g/mol. The highest BCUT2D eigenvalue weighted by Gasteiger charge is 2.23. The number of benzene rings is 1. The van der Waals surface area contributed by atoms with Crippen molar-refractivity contribution in [2.24, 2.45) is 17.7 Å². The van der Waals surface area contributed by atoms with Crippen molar-refractivity contribution in [3.8, 4) is 0 Å². The minimum Gasteiger partial charge on any atom is -0.271 e. The van der Waals surface area contributed by atoms with E-state index < -0.39 is 0 Å². The largest absolute Gasteiger partial charge is 0.271 e. The smallest absolute Gasteiger partial charge is 0.0488 e. The first-order chi connectivity index (χ1) is 9.70. The SMILES string of the molecule is CC(C)Cc1cccc(C(NN)C2CCCCCC2)c1. The van der Waals surface area contributed by atoms with Crippen molar-refractivity contribution in [3.05, 3.63) is 35.4 Å². The van der Waals surface area contributed by atoms with Gasteiger partial charge in [0.15, 0.2) is 0 Å². The van der Waals surface area contributed by atoms with E-state index in [2.05, 4.69) is 43.5 Å². The molecule has 0 bridgehead atoms. The Morgan fingerprint density at radius 3 is 2.45 bits per heavy atom. The van der Waals surface area contributed by atoms with Crippen LogP contribution in [0.3, 0.4) is 0 Å². The van der Waals surface area contributed by atoms with Crippen molar-refractivity contribution in [1.29, 1.82) is 0 Å². The minimum atomic E-state index is 0.320. The molecule has 0 aliphatic heterocycles. The van der Waals surface area contributed by atoms with Gasteiger partial charge in [0, 0.05) is 6.04 Å². The number of hydrogen-bond donors (Lipinski definition) is 2. The molecule has 2 rings (SSSR count). The van der Waals surface area contributed by atoms with E-state index in [0.29, 0.717) is 17.9 Å². The third-order valence-electron chi connectivity index (χ3n) is 4.50. The summed E-state index contributed by atoms with van der Waals surface area (Å²) in [7, 11) is 0. The van der Waals surface area contributed by atoms with Gasteiger partial charge in [0.2, 0.25) is 0 Å². The molecule has 112 valence electrons. The van der Waals surface area contributed by atoms with Crippen LogP contribution >= 0.6 is 0 Å². The summed E-state index contributed by atoms with van der Waals surface area (Å²) in [5.74, 6) is 7.28. The molecule has 2 nitrogen and oxygen atoms in total. The van der Waals surface area contributed by atoms with E-state index in [-0.39, 0.29) is 0 Å². The fraction of sp³-hybridized carbons (Fsp3) is 0.667. The van der Waals surface area contributed by atoms with Crippen LogP contribution in [0.2, 0.25) is 0 Å². The van der Waals surface area contributed by atoms with Gasteiger partial charge in [-0.3, -0.25) is 11.3 Å². The summed E-state index contributed by atoms with van der Waals surface area (Å²) in [4.78, 5) is 0. The number of hydrazine groups is 1. The van der Waals surface area contributed by atoms with Crippen molar-refractivity contribution >= 4 is 0 Å². The Labute approximate surface area is 124 Å². The summed E-state index contributed by atoms with van der Waals surface area (Å²) in [5, 5.41) is 0. The van der Waals surface area contributed by atoms with Crippen LogP contribution in [-0.4, -0.2) is 0 Å². The van der Waals surface area contributed by atoms with Crippen LogP contribution in [0.4, 0.5) is 0 Å². The Morgan fingerprint density at radius 2 is 1.85 bits per heavy atom. The van der Waals surface area contributed by atoms with Gasteiger partial charge in [0.1, 0.15) is 0 Å². The lowest BCUT2D eigenvalue weighted by atomic mass is 9.86. The Balaban J connectivity index is 2.13. The van der Waals surface area contributed by atoms with Crippen LogP contribution < -0.4 is 11.3 Å². The molecule has 2 heteroatoms. The van der Waals surface area contributed by atoms with E-state index in [1.54, 1.807) is 0 Å². The topological polar surface area (TPSA) is 38.0 Å². The first-order valence-electron chi connectivity index (χ1n) is 8.25. The maximum atomic E-state index is 5.89. The first kappa shape index (κ1) is 15.5. The fourth-order valence-corrected chi connectivity index (χ4v) is 3.53. The minimum absolute atomic E-state index is 0.320. The van der Waals surface area contributed by atoms with Crippen molar-refractivity contribution in [1.82, 2.24) is 5.43 Å². The standard InChI is InChI=1S/C18H30N2/c1-14(2)12-15-8-7-11-17(13-15)18(20-19)16-9-5-3-4-6-10-16/h7-8,11,13-14,16,18,20H,3-6,9-10,12,19H2,1-2H3. The van der Waals surface area contributed by atoms with E-state index >= 15 is 0 Å². The molecule has 1 aromatic rings. The second-order valence-electron chi connectivity index (χ2n) is 6.74. The molecule has 0 aromatic heterocycles. The number of hydrogen-bond acceptors (Lipinski definition) is 2. The van der Waals surface area contributed by atoms with Gasteiger partial charge in [0.05, 0.1) is 0 Å². The van der Waals surface area contributed by atoms with E-state index in [1.807, 2.05) is 0 Å². The molecular formula is C18H30N2. The lowest BCUT2D eigenvalue weighted by Crippen LogP contribution is -2.33. The summed E-state index contributed by atoms with van der Waals surface area (Å²) in [5.41, 5.74) is 5.91. The van der Waals surface area contributed by atoms with Crippen LogP contribution in [0.1, 0.15) is 69.5 Å². The van der Waals surface area contributed by atoms with E-state index in [9.17, 15) is 0 Å². The maximum Gasteiger partial charge on any atom is 0.0488 e. The van der Waals surface area contributed by atoms with Gasteiger partial charge in [-0.25, -0.2) is 0 Å². The molecule has 1 aromatic carbocycles. The number of rotatable bonds is 5. The van der Waals surface area contributed by atoms with Crippen LogP contribution in [0.25, 0.3) is 0 Å². The van der Waals surface area contributed by atoms with Crippen LogP contribution in [-0.2, 0) is 6.42 Å². The summed E-state index contributed by atoms with van der Waals surface area (Å²) in [6.45, 7) is 4.55. The second-order valence-corrected chi connectivity index (χ2v) is 6.74. The highest BCUT2D eigenvalue weighted by atomic mass is 15.2. The van der Waals surface area contributed by atoms with Crippen molar-refractivity contribution < 1.29 is 0 Å². The molecule has 0 heterocycles. The first-order valence-corrected chi connectivity index (χ1v) is 8.25. The predicted octanol–water partition coefficient (Wildman–Crippen LogP) is 4.36. The van der Waals surface area contributed by atoms with Crippen LogP contribution in [0, 0.1) is 11.8 Å². The van der Waals surface area contributed by atoms with Crippen molar-refractivity contribution in [2.45, 2.75) is 64.8 Å². The molecule has 0 amide bonds. The Hall–Kier alpha value is -0.860. The highest BCUT2D eigenvalue weighted by Crippen LogP contribution is 2.33. The summed E-state index contributed by atoms with van der Waals surface area (Å²) < 4.78 is 0. The maximum absolute atomic E-state index is 5.89. The molecule has 3 N–H and O–H groups in total. The Morgan fingerprint density at radius 1 is 1.15 bits per heavy atom. The molecule has 1 aliphatic rings. The molecule has 1 atom stereocenters.